The summed E-state index contributed by atoms with van der Waals surface area (Å²) < 4.78 is 5.04. The number of ether oxygens (including phenoxy) is 1. The van der Waals surface area contributed by atoms with E-state index in [-0.39, 0.29) is 12.1 Å². The van der Waals surface area contributed by atoms with E-state index in [4.69, 9.17) is 4.74 Å². The van der Waals surface area contributed by atoms with Crippen LogP contribution in [0, 0.1) is 0 Å². The minimum Gasteiger partial charge on any atom is -0.495 e. The molecule has 3 rings (SSSR count). The molecule has 3 N–H and O–H groups in total. The highest BCUT2D eigenvalue weighted by Crippen LogP contribution is 2.30. The summed E-state index contributed by atoms with van der Waals surface area (Å²) in [5, 5.41) is 15.8. The third kappa shape index (κ3) is 3.43. The molecule has 120 valence electrons. The second-order valence-electron chi connectivity index (χ2n) is 5.47. The molecule has 2 amide bonds. The first kappa shape index (κ1) is 15.3. The molecule has 0 saturated carbocycles. The predicted molar refractivity (Wildman–Crippen MR) is 85.1 cm³/mol. The molecule has 1 aliphatic carbocycles. The Balaban J connectivity index is 1.52. The van der Waals surface area contributed by atoms with Crippen LogP contribution < -0.4 is 15.4 Å². The van der Waals surface area contributed by atoms with E-state index in [0.717, 1.165) is 16.8 Å². The molecule has 0 aliphatic heterocycles. The highest BCUT2D eigenvalue weighted by atomic mass is 16.5. The van der Waals surface area contributed by atoms with Crippen molar-refractivity contribution >= 4 is 6.03 Å². The van der Waals surface area contributed by atoms with E-state index >= 15 is 0 Å². The van der Waals surface area contributed by atoms with Gasteiger partial charge in [-0.15, -0.1) is 0 Å². The maximum atomic E-state index is 12.0. The quantitative estimate of drug-likeness (QED) is 0.799. The van der Waals surface area contributed by atoms with Crippen LogP contribution in [-0.2, 0) is 13.0 Å². The topological polar surface area (TPSA) is 83.5 Å². The van der Waals surface area contributed by atoms with Crippen LogP contribution in [-0.4, -0.2) is 29.3 Å². The van der Waals surface area contributed by atoms with E-state index in [1.54, 1.807) is 25.4 Å². The third-order valence-electron chi connectivity index (χ3n) is 3.97. The van der Waals surface area contributed by atoms with Crippen molar-refractivity contribution in [2.75, 3.05) is 7.11 Å². The normalized spacial score (nSPS) is 19.0. The van der Waals surface area contributed by atoms with Gasteiger partial charge in [0.1, 0.15) is 5.75 Å². The van der Waals surface area contributed by atoms with Crippen LogP contribution in [0.2, 0.25) is 0 Å². The molecule has 0 unspecified atom stereocenters. The van der Waals surface area contributed by atoms with Crippen LogP contribution >= 0.6 is 0 Å². The lowest BCUT2D eigenvalue weighted by Crippen LogP contribution is -2.43. The second kappa shape index (κ2) is 6.66. The van der Waals surface area contributed by atoms with Gasteiger partial charge in [-0.1, -0.05) is 24.3 Å². The summed E-state index contributed by atoms with van der Waals surface area (Å²) in [6, 6.07) is 10.6. The molecule has 1 heterocycles. The van der Waals surface area contributed by atoms with Crippen LogP contribution in [0.25, 0.3) is 0 Å². The zero-order chi connectivity index (χ0) is 16.2. The second-order valence-corrected chi connectivity index (χ2v) is 5.47. The summed E-state index contributed by atoms with van der Waals surface area (Å²) in [6.45, 7) is 0.311. The highest BCUT2D eigenvalue weighted by Gasteiger charge is 2.31. The Morgan fingerprint density at radius 2 is 2.17 bits per heavy atom. The number of aromatic nitrogens is 1. The van der Waals surface area contributed by atoms with Gasteiger partial charge >= 0.3 is 6.03 Å². The maximum absolute atomic E-state index is 12.0. The molecule has 0 fully saturated rings. The number of rotatable bonds is 4. The summed E-state index contributed by atoms with van der Waals surface area (Å²) in [5.74, 6) is 0.671. The van der Waals surface area contributed by atoms with Crippen molar-refractivity contribution in [3.8, 4) is 5.75 Å². The predicted octanol–water partition coefficient (Wildman–Crippen LogP) is 1.55. The lowest BCUT2D eigenvalue weighted by atomic mass is 10.1. The number of pyridine rings is 1. The Labute approximate surface area is 134 Å². The number of amides is 2. The number of methoxy groups -OCH3 is 1. The van der Waals surface area contributed by atoms with Crippen LogP contribution in [0.4, 0.5) is 4.79 Å². The zero-order valence-corrected chi connectivity index (χ0v) is 12.8. The SMILES string of the molecule is COc1ccc(CNC(=O)N[C@@H]2Cc3ccccc3[C@H]2O)nc1. The Morgan fingerprint density at radius 3 is 2.87 bits per heavy atom. The molecule has 23 heavy (non-hydrogen) atoms. The summed E-state index contributed by atoms with van der Waals surface area (Å²) >= 11 is 0. The Bertz CT molecular complexity index is 688. The van der Waals surface area contributed by atoms with Crippen molar-refractivity contribution in [1.82, 2.24) is 15.6 Å². The van der Waals surface area contributed by atoms with Crippen molar-refractivity contribution in [3.63, 3.8) is 0 Å². The van der Waals surface area contributed by atoms with Gasteiger partial charge in [0.05, 0.1) is 37.7 Å². The number of nitrogens with one attached hydrogen (secondary N) is 2. The molecule has 2 atom stereocenters. The smallest absolute Gasteiger partial charge is 0.315 e. The Hall–Kier alpha value is -2.60. The van der Waals surface area contributed by atoms with Crippen LogP contribution in [0.15, 0.2) is 42.6 Å². The number of benzene rings is 1. The van der Waals surface area contributed by atoms with E-state index in [2.05, 4.69) is 15.6 Å². The van der Waals surface area contributed by atoms with Crippen molar-refractivity contribution in [2.45, 2.75) is 25.1 Å². The Kier molecular flexibility index (Phi) is 4.43. The molecule has 2 aromatic rings. The van der Waals surface area contributed by atoms with Crippen LogP contribution in [0.3, 0.4) is 0 Å². The molecular weight excluding hydrogens is 294 g/mol. The van der Waals surface area contributed by atoms with Gasteiger partial charge in [-0.2, -0.15) is 0 Å². The van der Waals surface area contributed by atoms with E-state index in [0.29, 0.717) is 18.7 Å². The number of carbonyl (C=O) groups excluding carboxylic acids is 1. The van der Waals surface area contributed by atoms with Crippen LogP contribution in [0.5, 0.6) is 5.75 Å². The molecule has 1 aliphatic rings. The van der Waals surface area contributed by atoms with Gasteiger partial charge in [0, 0.05) is 0 Å². The fraction of sp³-hybridized carbons (Fsp3) is 0.294. The number of hydrogen-bond acceptors (Lipinski definition) is 4. The van der Waals surface area contributed by atoms with Gasteiger partial charge in [0.15, 0.2) is 0 Å². The average molecular weight is 313 g/mol. The molecule has 0 bridgehead atoms. The van der Waals surface area contributed by atoms with E-state index in [1.165, 1.54) is 0 Å². The molecule has 1 aromatic heterocycles. The lowest BCUT2D eigenvalue weighted by Gasteiger charge is -2.17. The summed E-state index contributed by atoms with van der Waals surface area (Å²) in [7, 11) is 1.58. The van der Waals surface area contributed by atoms with E-state index < -0.39 is 6.10 Å². The fourth-order valence-electron chi connectivity index (χ4n) is 2.73. The number of nitrogens with zero attached hydrogens (tertiary/aromatic N) is 1. The van der Waals surface area contributed by atoms with Gasteiger partial charge in [0.25, 0.3) is 0 Å². The third-order valence-corrected chi connectivity index (χ3v) is 3.97. The standard InChI is InChI=1S/C17H19N3O3/c1-23-13-7-6-12(18-10-13)9-19-17(22)20-15-8-11-4-2-3-5-14(11)16(15)21/h2-7,10,15-16,21H,8-9H2,1H3,(H2,19,20,22)/t15-,16-/m1/s1. The van der Waals surface area contributed by atoms with E-state index in [9.17, 15) is 9.90 Å². The summed E-state index contributed by atoms with van der Waals surface area (Å²) in [4.78, 5) is 16.2. The van der Waals surface area contributed by atoms with Gasteiger partial charge < -0.3 is 20.5 Å². The highest BCUT2D eigenvalue weighted by molar-refractivity contribution is 5.74. The largest absolute Gasteiger partial charge is 0.495 e. The number of aliphatic hydroxyl groups is 1. The molecule has 1 aromatic carbocycles. The summed E-state index contributed by atoms with van der Waals surface area (Å²) in [6.07, 6.45) is 1.56. The van der Waals surface area contributed by atoms with Crippen molar-refractivity contribution < 1.29 is 14.6 Å². The fourth-order valence-corrected chi connectivity index (χ4v) is 2.73. The minimum absolute atomic E-state index is 0.309. The zero-order valence-electron chi connectivity index (χ0n) is 12.8. The Morgan fingerprint density at radius 1 is 1.35 bits per heavy atom. The maximum Gasteiger partial charge on any atom is 0.315 e. The molecule has 0 radical (unpaired) electrons. The molecule has 0 saturated heterocycles. The summed E-state index contributed by atoms with van der Waals surface area (Å²) in [5.41, 5.74) is 2.69. The van der Waals surface area contributed by atoms with Gasteiger partial charge in [-0.3, -0.25) is 4.98 Å². The monoisotopic (exact) mass is 313 g/mol. The van der Waals surface area contributed by atoms with Gasteiger partial charge in [-0.05, 0) is 29.7 Å². The molecular formula is C17H19N3O3. The molecule has 6 nitrogen and oxygen atoms in total. The number of fused-ring (bicyclic) bond motifs is 1. The van der Waals surface area contributed by atoms with Gasteiger partial charge in [-0.25, -0.2) is 4.79 Å². The van der Waals surface area contributed by atoms with Gasteiger partial charge in [0.2, 0.25) is 0 Å². The first-order valence-corrected chi connectivity index (χ1v) is 7.46. The van der Waals surface area contributed by atoms with Crippen molar-refractivity contribution in [1.29, 1.82) is 0 Å². The number of aliphatic hydroxyl groups excluding tert-OH is 1. The van der Waals surface area contributed by atoms with E-state index in [1.807, 2.05) is 24.3 Å². The lowest BCUT2D eigenvalue weighted by molar-refractivity contribution is 0.143. The number of carbonyl (C=O) groups is 1. The van der Waals surface area contributed by atoms with Crippen molar-refractivity contribution in [3.05, 3.63) is 59.4 Å². The minimum atomic E-state index is -0.670. The molecule has 0 spiro atoms. The first-order valence-electron chi connectivity index (χ1n) is 7.46. The van der Waals surface area contributed by atoms with Crippen molar-refractivity contribution in [2.24, 2.45) is 0 Å². The van der Waals surface area contributed by atoms with Crippen LogP contribution in [0.1, 0.15) is 22.9 Å². The number of hydrogen-bond donors (Lipinski definition) is 3. The average Bonchev–Trinajstić information content (AvgIpc) is 2.90. The first-order chi connectivity index (χ1) is 11.2. The molecule has 6 heteroatoms. The number of urea groups is 1.